The number of aromatic nitrogens is 4. The average Bonchev–Trinajstić information content (AvgIpc) is 3.18. The molecule has 8 heteroatoms. The molecule has 150 valence electrons. The van der Waals surface area contributed by atoms with Crippen LogP contribution in [0.4, 0.5) is 0 Å². The molecule has 2 heterocycles. The van der Waals surface area contributed by atoms with Crippen molar-refractivity contribution in [1.82, 2.24) is 24.7 Å². The summed E-state index contributed by atoms with van der Waals surface area (Å²) in [5.41, 5.74) is 2.04. The molecule has 1 atom stereocenters. The summed E-state index contributed by atoms with van der Waals surface area (Å²) in [6.45, 7) is 8.29. The van der Waals surface area contributed by atoms with Crippen LogP contribution in [0, 0.1) is 5.92 Å². The smallest absolute Gasteiger partial charge is 0.228 e. The highest BCUT2D eigenvalue weighted by atomic mass is 35.5. The molecule has 0 saturated heterocycles. The molecule has 28 heavy (non-hydrogen) atoms. The summed E-state index contributed by atoms with van der Waals surface area (Å²) in [6, 6.07) is 7.56. The van der Waals surface area contributed by atoms with E-state index < -0.39 is 0 Å². The van der Waals surface area contributed by atoms with Crippen molar-refractivity contribution in [2.75, 3.05) is 20.7 Å². The van der Waals surface area contributed by atoms with Crippen molar-refractivity contribution in [2.24, 2.45) is 5.92 Å². The first-order valence-electron chi connectivity index (χ1n) is 9.18. The first-order chi connectivity index (χ1) is 13.1. The lowest BCUT2D eigenvalue weighted by Crippen LogP contribution is -2.31. The Morgan fingerprint density at radius 2 is 1.96 bits per heavy atom. The molecular weight excluding hydrogens is 378 g/mol. The van der Waals surface area contributed by atoms with E-state index >= 15 is 0 Å². The lowest BCUT2D eigenvalue weighted by molar-refractivity contribution is -0.133. The first-order valence-corrected chi connectivity index (χ1v) is 9.55. The van der Waals surface area contributed by atoms with Crippen molar-refractivity contribution >= 4 is 23.2 Å². The van der Waals surface area contributed by atoms with Gasteiger partial charge in [-0.05, 0) is 12.1 Å². The van der Waals surface area contributed by atoms with Crippen LogP contribution in [0.3, 0.4) is 0 Å². The fraction of sp³-hybridized carbons (Fsp3) is 0.450. The highest BCUT2D eigenvalue weighted by Crippen LogP contribution is 2.33. The zero-order valence-corrected chi connectivity index (χ0v) is 17.8. The number of hydrogen-bond donors (Lipinski definition) is 1. The minimum absolute atomic E-state index is 0.0236. The molecule has 0 aliphatic heterocycles. The minimum atomic E-state index is -0.249. The van der Waals surface area contributed by atoms with E-state index in [0.717, 1.165) is 11.3 Å². The molecule has 2 aromatic heterocycles. The Morgan fingerprint density at radius 1 is 1.29 bits per heavy atom. The summed E-state index contributed by atoms with van der Waals surface area (Å²) >= 11 is 6.52. The molecule has 7 nitrogen and oxygen atoms in total. The zero-order valence-electron chi connectivity index (χ0n) is 17.1. The molecule has 0 saturated carbocycles. The van der Waals surface area contributed by atoms with Gasteiger partial charge in [-0.1, -0.05) is 51.4 Å². The molecule has 0 fully saturated rings. The average molecular weight is 404 g/mol. The molecule has 1 N–H and O–H groups in total. The van der Waals surface area contributed by atoms with Crippen LogP contribution < -0.4 is 4.74 Å². The van der Waals surface area contributed by atoms with Gasteiger partial charge in [-0.2, -0.15) is 5.10 Å². The zero-order chi connectivity index (χ0) is 20.6. The van der Waals surface area contributed by atoms with E-state index in [0.29, 0.717) is 22.2 Å². The number of para-hydroxylation sites is 1. The van der Waals surface area contributed by atoms with Gasteiger partial charge in [0.2, 0.25) is 5.91 Å². The van der Waals surface area contributed by atoms with Crippen molar-refractivity contribution in [3.8, 4) is 17.1 Å². The summed E-state index contributed by atoms with van der Waals surface area (Å²) in [6.07, 6.45) is 0. The Morgan fingerprint density at radius 3 is 2.57 bits per heavy atom. The minimum Gasteiger partial charge on any atom is -0.492 e. The Kier molecular flexibility index (Phi) is 5.39. The highest BCUT2D eigenvalue weighted by molar-refractivity contribution is 6.34. The quantitative estimate of drug-likeness (QED) is 0.703. The fourth-order valence-corrected chi connectivity index (χ4v) is 3.36. The van der Waals surface area contributed by atoms with Gasteiger partial charge in [0.05, 0.1) is 23.8 Å². The number of carbonyl (C=O) groups excluding carboxylic acids is 1. The highest BCUT2D eigenvalue weighted by Gasteiger charge is 2.25. The normalized spacial score (nSPS) is 13.0. The molecule has 0 aliphatic carbocycles. The SMILES string of the molecule is CC(COc1ccccc1-c1nn2nc(C(C)(C)C)c(Cl)c2[nH]1)C(=O)N(C)C. The van der Waals surface area contributed by atoms with Crippen LogP contribution in [-0.2, 0) is 10.2 Å². The lowest BCUT2D eigenvalue weighted by Gasteiger charge is -2.18. The molecule has 0 bridgehead atoms. The summed E-state index contributed by atoms with van der Waals surface area (Å²) in [5, 5.41) is 9.63. The molecule has 3 rings (SSSR count). The Labute approximate surface area is 169 Å². The van der Waals surface area contributed by atoms with E-state index in [2.05, 4.69) is 36.0 Å². The number of nitrogens with one attached hydrogen (secondary N) is 1. The Bertz CT molecular complexity index is 1000. The molecule has 0 spiro atoms. The molecule has 0 aliphatic rings. The molecule has 1 aromatic carbocycles. The third-order valence-electron chi connectivity index (χ3n) is 4.45. The van der Waals surface area contributed by atoms with Crippen molar-refractivity contribution in [2.45, 2.75) is 33.1 Å². The van der Waals surface area contributed by atoms with Crippen LogP contribution >= 0.6 is 11.6 Å². The summed E-state index contributed by atoms with van der Waals surface area (Å²) in [5.74, 6) is 1.02. The number of fused-ring (bicyclic) bond motifs is 1. The van der Waals surface area contributed by atoms with Gasteiger partial charge in [0.1, 0.15) is 10.8 Å². The molecule has 1 unspecified atom stereocenters. The lowest BCUT2D eigenvalue weighted by atomic mass is 9.92. The topological polar surface area (TPSA) is 75.5 Å². The van der Waals surface area contributed by atoms with E-state index in [-0.39, 0.29) is 23.8 Å². The van der Waals surface area contributed by atoms with Gasteiger partial charge in [-0.3, -0.25) is 4.79 Å². The monoisotopic (exact) mass is 403 g/mol. The number of ether oxygens (including phenoxy) is 1. The number of benzene rings is 1. The van der Waals surface area contributed by atoms with Crippen molar-refractivity contribution in [3.05, 3.63) is 35.0 Å². The van der Waals surface area contributed by atoms with Crippen LogP contribution in [0.25, 0.3) is 17.0 Å². The van der Waals surface area contributed by atoms with Gasteiger partial charge in [0.15, 0.2) is 11.5 Å². The van der Waals surface area contributed by atoms with E-state index in [1.165, 1.54) is 4.63 Å². The van der Waals surface area contributed by atoms with E-state index in [4.69, 9.17) is 16.3 Å². The van der Waals surface area contributed by atoms with Gasteiger partial charge in [0.25, 0.3) is 0 Å². The van der Waals surface area contributed by atoms with E-state index in [1.807, 2.05) is 31.2 Å². The predicted molar refractivity (Wildman–Crippen MR) is 110 cm³/mol. The molecular formula is C20H26ClN5O2. The number of aromatic amines is 1. The Hall–Kier alpha value is -2.54. The van der Waals surface area contributed by atoms with Gasteiger partial charge >= 0.3 is 0 Å². The third kappa shape index (κ3) is 3.85. The van der Waals surface area contributed by atoms with Crippen LogP contribution in [0.1, 0.15) is 33.4 Å². The van der Waals surface area contributed by atoms with Crippen LogP contribution in [0.2, 0.25) is 5.02 Å². The van der Waals surface area contributed by atoms with Crippen LogP contribution in [-0.4, -0.2) is 51.3 Å². The molecule has 0 radical (unpaired) electrons. The van der Waals surface area contributed by atoms with Crippen molar-refractivity contribution in [1.29, 1.82) is 0 Å². The molecule has 1 amide bonds. The Balaban J connectivity index is 1.89. The molecule has 3 aromatic rings. The van der Waals surface area contributed by atoms with Gasteiger partial charge < -0.3 is 14.6 Å². The van der Waals surface area contributed by atoms with Crippen molar-refractivity contribution < 1.29 is 9.53 Å². The van der Waals surface area contributed by atoms with Crippen molar-refractivity contribution in [3.63, 3.8) is 0 Å². The van der Waals surface area contributed by atoms with E-state index in [9.17, 15) is 4.79 Å². The van der Waals surface area contributed by atoms with Gasteiger partial charge in [-0.25, -0.2) is 0 Å². The standard InChI is InChI=1S/C20H26ClN5O2/c1-12(19(27)25(5)6)11-28-14-10-8-7-9-13(14)17-22-18-15(21)16(20(2,3)4)23-26(18)24-17/h7-10,12H,11H2,1-6H3,(H,22,24). The number of rotatable bonds is 5. The first kappa shape index (κ1) is 20.2. The largest absolute Gasteiger partial charge is 0.492 e. The summed E-state index contributed by atoms with van der Waals surface area (Å²) < 4.78 is 7.46. The maximum absolute atomic E-state index is 12.1. The number of amides is 1. The number of nitrogens with zero attached hydrogens (tertiary/aromatic N) is 4. The number of halogens is 1. The number of hydrogen-bond acceptors (Lipinski definition) is 4. The number of carbonyl (C=O) groups is 1. The van der Waals surface area contributed by atoms with Gasteiger partial charge in [-0.15, -0.1) is 9.73 Å². The summed E-state index contributed by atoms with van der Waals surface area (Å²) in [4.78, 5) is 16.9. The van der Waals surface area contributed by atoms with Crippen LogP contribution in [0.5, 0.6) is 5.75 Å². The maximum Gasteiger partial charge on any atom is 0.228 e. The van der Waals surface area contributed by atoms with E-state index in [1.54, 1.807) is 19.0 Å². The number of H-pyrrole nitrogens is 1. The second kappa shape index (κ2) is 7.47. The van der Waals surface area contributed by atoms with Gasteiger partial charge in [0, 0.05) is 19.5 Å². The predicted octanol–water partition coefficient (Wildman–Crippen LogP) is 3.78. The second-order valence-corrected chi connectivity index (χ2v) is 8.54. The summed E-state index contributed by atoms with van der Waals surface area (Å²) in [7, 11) is 3.47. The fourth-order valence-electron chi connectivity index (χ4n) is 2.91. The van der Waals surface area contributed by atoms with Crippen LogP contribution in [0.15, 0.2) is 24.3 Å². The second-order valence-electron chi connectivity index (χ2n) is 8.17. The third-order valence-corrected chi connectivity index (χ3v) is 4.80. The maximum atomic E-state index is 12.1.